The fourth-order valence-electron chi connectivity index (χ4n) is 4.69. The standard InChI is InChI=1S/C27H27N3O2S/c1-21-12-13-25-24(18-21)27(26(19-28-25)33(31,32)23-10-6-3-7-11-23)30-16-14-29(15-17-30)20-22-8-4-2-5-9-22/h2-13,18-19H,14-17,20H2,1H3/p+2. The second kappa shape index (κ2) is 8.96. The average molecular weight is 460 g/mol. The van der Waals surface area contributed by atoms with Crippen LogP contribution in [-0.2, 0) is 16.4 Å². The first-order valence-electron chi connectivity index (χ1n) is 11.4. The molecule has 0 bridgehead atoms. The van der Waals surface area contributed by atoms with E-state index in [2.05, 4.69) is 46.3 Å². The maximum absolute atomic E-state index is 13.7. The molecular formula is C27H29N3O2S+2. The molecule has 33 heavy (non-hydrogen) atoms. The number of rotatable bonds is 5. The van der Waals surface area contributed by atoms with Crippen molar-refractivity contribution >= 4 is 26.4 Å². The number of nitrogens with one attached hydrogen (secondary N) is 2. The molecule has 4 aromatic rings. The number of aromatic amines is 1. The molecule has 5 nitrogen and oxygen atoms in total. The molecule has 0 spiro atoms. The number of anilines is 1. The van der Waals surface area contributed by atoms with Crippen LogP contribution in [0, 0.1) is 6.92 Å². The molecule has 0 amide bonds. The van der Waals surface area contributed by atoms with Crippen LogP contribution in [0.1, 0.15) is 11.1 Å². The van der Waals surface area contributed by atoms with E-state index in [-0.39, 0.29) is 0 Å². The molecule has 6 heteroatoms. The highest BCUT2D eigenvalue weighted by atomic mass is 32.2. The summed E-state index contributed by atoms with van der Waals surface area (Å²) in [6.07, 6.45) is 1.67. The number of H-pyrrole nitrogens is 1. The molecule has 2 N–H and O–H groups in total. The second-order valence-electron chi connectivity index (χ2n) is 8.77. The van der Waals surface area contributed by atoms with Crippen LogP contribution in [0.5, 0.6) is 0 Å². The van der Waals surface area contributed by atoms with Crippen LogP contribution in [0.4, 0.5) is 5.69 Å². The van der Waals surface area contributed by atoms with Crippen molar-refractivity contribution in [2.24, 2.45) is 0 Å². The van der Waals surface area contributed by atoms with E-state index < -0.39 is 9.84 Å². The number of sulfone groups is 1. The lowest BCUT2D eigenvalue weighted by Gasteiger charge is -2.34. The molecule has 1 saturated heterocycles. The molecule has 1 aliphatic rings. The van der Waals surface area contributed by atoms with Crippen LogP contribution in [0.3, 0.4) is 0 Å². The van der Waals surface area contributed by atoms with Crippen molar-refractivity contribution in [3.63, 3.8) is 0 Å². The quantitative estimate of drug-likeness (QED) is 0.499. The number of piperazine rings is 1. The smallest absolute Gasteiger partial charge is 0.214 e. The molecular weight excluding hydrogens is 430 g/mol. The van der Waals surface area contributed by atoms with Gasteiger partial charge in [-0.05, 0) is 30.7 Å². The van der Waals surface area contributed by atoms with E-state index in [1.165, 1.54) is 10.5 Å². The number of hydrogen-bond acceptors (Lipinski definition) is 3. The van der Waals surface area contributed by atoms with Crippen molar-refractivity contribution in [1.29, 1.82) is 0 Å². The van der Waals surface area contributed by atoms with Gasteiger partial charge in [0.2, 0.25) is 15.4 Å². The van der Waals surface area contributed by atoms with Crippen molar-refractivity contribution in [3.05, 3.63) is 96.2 Å². The zero-order chi connectivity index (χ0) is 22.8. The van der Waals surface area contributed by atoms with Crippen LogP contribution in [0.2, 0.25) is 0 Å². The second-order valence-corrected chi connectivity index (χ2v) is 10.7. The van der Waals surface area contributed by atoms with E-state index in [1.54, 1.807) is 30.5 Å². The molecule has 1 aromatic heterocycles. The topological polar surface area (TPSA) is 56.0 Å². The lowest BCUT2D eigenvalue weighted by molar-refractivity contribution is -0.914. The van der Waals surface area contributed by atoms with Crippen LogP contribution in [-0.4, -0.2) is 34.6 Å². The lowest BCUT2D eigenvalue weighted by Crippen LogP contribution is -3.13. The molecule has 0 aliphatic carbocycles. The van der Waals surface area contributed by atoms with Crippen LogP contribution in [0.15, 0.2) is 94.9 Å². The summed E-state index contributed by atoms with van der Waals surface area (Å²) in [5, 5.41) is 0.957. The lowest BCUT2D eigenvalue weighted by atomic mass is 10.1. The molecule has 1 fully saturated rings. The van der Waals surface area contributed by atoms with E-state index in [4.69, 9.17) is 0 Å². The number of aromatic nitrogens is 1. The van der Waals surface area contributed by atoms with Crippen molar-refractivity contribution < 1.29 is 18.3 Å². The van der Waals surface area contributed by atoms with E-state index >= 15 is 0 Å². The Hall–Kier alpha value is -3.22. The van der Waals surface area contributed by atoms with E-state index in [0.717, 1.165) is 54.9 Å². The van der Waals surface area contributed by atoms with Gasteiger partial charge >= 0.3 is 0 Å². The van der Waals surface area contributed by atoms with Crippen molar-refractivity contribution in [1.82, 2.24) is 0 Å². The minimum absolute atomic E-state index is 0.319. The Bertz CT molecular complexity index is 1360. The highest BCUT2D eigenvalue weighted by molar-refractivity contribution is 7.91. The van der Waals surface area contributed by atoms with Gasteiger partial charge in [-0.15, -0.1) is 0 Å². The van der Waals surface area contributed by atoms with Gasteiger partial charge in [-0.2, -0.15) is 0 Å². The highest BCUT2D eigenvalue weighted by Crippen LogP contribution is 2.35. The summed E-state index contributed by atoms with van der Waals surface area (Å²) in [7, 11) is -3.67. The first-order chi connectivity index (χ1) is 16.0. The summed E-state index contributed by atoms with van der Waals surface area (Å²) < 4.78 is 27.4. The van der Waals surface area contributed by atoms with Crippen LogP contribution < -0.4 is 14.8 Å². The third-order valence-electron chi connectivity index (χ3n) is 6.45. The van der Waals surface area contributed by atoms with Gasteiger partial charge in [-0.1, -0.05) is 54.6 Å². The average Bonchev–Trinajstić information content (AvgIpc) is 2.85. The number of pyridine rings is 1. The summed E-state index contributed by atoms with van der Waals surface area (Å²) in [4.78, 5) is 7.68. The molecule has 0 unspecified atom stereocenters. The molecule has 0 saturated carbocycles. The minimum Gasteiger partial charge on any atom is -0.358 e. The summed E-state index contributed by atoms with van der Waals surface area (Å²) in [5.74, 6) is 0. The first-order valence-corrected chi connectivity index (χ1v) is 12.9. The normalized spacial score (nSPS) is 15.1. The Morgan fingerprint density at radius 3 is 2.27 bits per heavy atom. The van der Waals surface area contributed by atoms with Crippen molar-refractivity contribution in [2.45, 2.75) is 23.3 Å². The molecule has 0 radical (unpaired) electrons. The zero-order valence-electron chi connectivity index (χ0n) is 18.8. The van der Waals surface area contributed by atoms with E-state index in [9.17, 15) is 8.42 Å². The van der Waals surface area contributed by atoms with Gasteiger partial charge in [0, 0.05) is 11.6 Å². The summed E-state index contributed by atoms with van der Waals surface area (Å²) >= 11 is 0. The minimum atomic E-state index is -3.67. The Labute approximate surface area is 195 Å². The Morgan fingerprint density at radius 2 is 1.58 bits per heavy atom. The summed E-state index contributed by atoms with van der Waals surface area (Å²) in [5.41, 5.74) is 4.21. The SMILES string of the molecule is Cc1ccc2[nH+]cc(S(=O)(=O)c3ccccc3)c(N3CC[NH+](Cc4ccccc4)CC3)c2c1. The fourth-order valence-corrected chi connectivity index (χ4v) is 6.17. The molecule has 3 aromatic carbocycles. The monoisotopic (exact) mass is 459 g/mol. The van der Waals surface area contributed by atoms with E-state index in [0.29, 0.717) is 9.79 Å². The summed E-state index contributed by atoms with van der Waals surface area (Å²) in [6, 6.07) is 25.5. The number of benzene rings is 3. The van der Waals surface area contributed by atoms with Gasteiger partial charge in [0.25, 0.3) is 0 Å². The predicted octanol–water partition coefficient (Wildman–Crippen LogP) is 2.70. The Morgan fingerprint density at radius 1 is 0.909 bits per heavy atom. The van der Waals surface area contributed by atoms with Gasteiger partial charge in [0.05, 0.1) is 42.1 Å². The van der Waals surface area contributed by atoms with Gasteiger partial charge in [0.1, 0.15) is 6.54 Å². The third kappa shape index (κ3) is 4.36. The number of quaternary nitrogens is 1. The van der Waals surface area contributed by atoms with Gasteiger partial charge in [-0.3, -0.25) is 0 Å². The summed E-state index contributed by atoms with van der Waals surface area (Å²) in [6.45, 7) is 6.59. The van der Waals surface area contributed by atoms with Crippen LogP contribution >= 0.6 is 0 Å². The number of hydrogen-bond donors (Lipinski definition) is 1. The fraction of sp³-hybridized carbons (Fsp3) is 0.222. The molecule has 2 heterocycles. The van der Waals surface area contributed by atoms with Gasteiger partial charge < -0.3 is 9.80 Å². The Kier molecular flexibility index (Phi) is 5.87. The molecule has 168 valence electrons. The van der Waals surface area contributed by atoms with Gasteiger partial charge in [-0.25, -0.2) is 13.4 Å². The highest BCUT2D eigenvalue weighted by Gasteiger charge is 2.31. The van der Waals surface area contributed by atoms with Crippen molar-refractivity contribution in [2.75, 3.05) is 31.1 Å². The van der Waals surface area contributed by atoms with E-state index in [1.807, 2.05) is 25.1 Å². The molecule has 0 atom stereocenters. The third-order valence-corrected chi connectivity index (χ3v) is 8.23. The maximum Gasteiger partial charge on any atom is 0.214 e. The largest absolute Gasteiger partial charge is 0.358 e. The Balaban J connectivity index is 1.53. The van der Waals surface area contributed by atoms with Crippen molar-refractivity contribution in [3.8, 4) is 0 Å². The predicted molar refractivity (Wildman–Crippen MR) is 130 cm³/mol. The maximum atomic E-state index is 13.7. The molecule has 1 aliphatic heterocycles. The van der Waals surface area contributed by atoms with Crippen LogP contribution in [0.25, 0.3) is 10.9 Å². The number of aryl methyl sites for hydroxylation is 1. The number of nitrogens with zero attached hydrogens (tertiary/aromatic N) is 1. The van der Waals surface area contributed by atoms with Gasteiger partial charge in [0.15, 0.2) is 11.1 Å². The zero-order valence-corrected chi connectivity index (χ0v) is 19.6. The number of fused-ring (bicyclic) bond motifs is 1. The first kappa shape index (κ1) is 21.6. The molecule has 5 rings (SSSR count).